The van der Waals surface area contributed by atoms with Gasteiger partial charge in [0, 0.05) is 68.1 Å². The molecule has 0 radical (unpaired) electrons. The standard InChI is InChI=1S/C51H63F3N10O11S2/c1-63(41-9-4-5-19-55-41)22-25-75-36-17-11-33(12-18-36)30-40-47(69)64(49(71)77-40)43(66)31-37(58-45(67)34-13-15-35(16-14-34)50(61-62-50)51(52,53)54)46(68)57-21-7-24-73-27-29-74-28-26-72-23-6-20-56-42(65)10-3-2-8-39-44-38(32-76-39)59-48(70)60-44/h4-5,9,11-19,37-40,44H,2-3,6-8,10,20-32H2,1H3,(H,56,65)(H,57,68)(H,58,67)(H2,59,60,70)/t37-,38-,39+,40?,44-/m1/s1. The van der Waals surface area contributed by atoms with Crippen molar-refractivity contribution < 1.29 is 65.7 Å². The van der Waals surface area contributed by atoms with Crippen LogP contribution in [0.25, 0.3) is 0 Å². The summed E-state index contributed by atoms with van der Waals surface area (Å²) in [7, 11) is 1.90. The first-order valence-electron chi connectivity index (χ1n) is 25.4. The van der Waals surface area contributed by atoms with E-state index < -0.39 is 58.4 Å². The molecule has 416 valence electrons. The van der Waals surface area contributed by atoms with Crippen molar-refractivity contribution in [2.45, 2.75) is 91.8 Å². The van der Waals surface area contributed by atoms with Gasteiger partial charge in [0.05, 0.1) is 56.7 Å². The predicted molar refractivity (Wildman–Crippen MR) is 278 cm³/mol. The number of nitrogens with one attached hydrogen (secondary N) is 5. The van der Waals surface area contributed by atoms with Crippen LogP contribution in [0.1, 0.15) is 66.4 Å². The minimum absolute atomic E-state index is 0.00404. The highest BCUT2D eigenvalue weighted by Gasteiger charge is 2.65. The first kappa shape index (κ1) is 58.3. The smallest absolute Gasteiger partial charge is 0.442 e. The molecule has 8 amide bonds. The number of ether oxygens (including phenoxy) is 4. The number of carbonyl (C=O) groups is 7. The molecule has 0 saturated carbocycles. The zero-order valence-corrected chi connectivity index (χ0v) is 44.1. The first-order chi connectivity index (χ1) is 37.1. The number of urea groups is 1. The highest BCUT2D eigenvalue weighted by atomic mass is 32.2. The van der Waals surface area contributed by atoms with Crippen molar-refractivity contribution in [1.29, 1.82) is 0 Å². The Morgan fingerprint density at radius 1 is 0.844 bits per heavy atom. The Morgan fingerprint density at radius 3 is 2.19 bits per heavy atom. The number of unbranched alkanes of at least 4 members (excludes halogenated alkanes) is 1. The van der Waals surface area contributed by atoms with Crippen LogP contribution in [0.4, 0.5) is 28.6 Å². The van der Waals surface area contributed by atoms with Crippen LogP contribution in [0.15, 0.2) is 83.2 Å². The van der Waals surface area contributed by atoms with Crippen molar-refractivity contribution in [3.63, 3.8) is 0 Å². The predicted octanol–water partition coefficient (Wildman–Crippen LogP) is 4.89. The third-order valence-corrected chi connectivity index (χ3v) is 15.4. The lowest BCUT2D eigenvalue weighted by Crippen LogP contribution is -2.50. The van der Waals surface area contributed by atoms with E-state index >= 15 is 0 Å². The molecule has 21 nitrogen and oxygen atoms in total. The van der Waals surface area contributed by atoms with Gasteiger partial charge in [0.1, 0.15) is 24.2 Å². The number of alkyl halides is 3. The Kier molecular flexibility index (Phi) is 21.5. The monoisotopic (exact) mass is 1110 g/mol. The molecule has 4 aliphatic rings. The number of pyridine rings is 1. The van der Waals surface area contributed by atoms with E-state index in [1.54, 1.807) is 30.5 Å². The first-order valence-corrected chi connectivity index (χ1v) is 27.3. The van der Waals surface area contributed by atoms with Crippen molar-refractivity contribution in [2.24, 2.45) is 10.2 Å². The van der Waals surface area contributed by atoms with E-state index in [0.717, 1.165) is 55.1 Å². The average molecular weight is 1110 g/mol. The van der Waals surface area contributed by atoms with Gasteiger partial charge in [-0.15, -0.1) is 10.2 Å². The summed E-state index contributed by atoms with van der Waals surface area (Å²) in [6.07, 6.45) is 0.310. The number of fused-ring (bicyclic) bond motifs is 1. The molecular formula is C51H63F3N10O11S2. The summed E-state index contributed by atoms with van der Waals surface area (Å²) in [5.41, 5.74) is -2.49. The van der Waals surface area contributed by atoms with Crippen molar-refractivity contribution in [1.82, 2.24) is 36.5 Å². The minimum atomic E-state index is -4.79. The van der Waals surface area contributed by atoms with Crippen molar-refractivity contribution in [3.05, 3.63) is 89.6 Å². The summed E-state index contributed by atoms with van der Waals surface area (Å²) in [5.74, 6) is -1.26. The molecule has 1 unspecified atom stereocenters. The van der Waals surface area contributed by atoms with Crippen LogP contribution in [0.3, 0.4) is 0 Å². The van der Waals surface area contributed by atoms with Gasteiger partial charge in [-0.1, -0.05) is 48.5 Å². The number of aromatic nitrogens is 1. The Bertz CT molecular complexity index is 2530. The Hall–Kier alpha value is -6.35. The number of amides is 8. The van der Waals surface area contributed by atoms with E-state index in [-0.39, 0.29) is 67.9 Å². The van der Waals surface area contributed by atoms with Gasteiger partial charge in [0.2, 0.25) is 17.7 Å². The Balaban J connectivity index is 0.783. The van der Waals surface area contributed by atoms with Gasteiger partial charge in [-0.25, -0.2) is 14.7 Å². The van der Waals surface area contributed by atoms with E-state index in [2.05, 4.69) is 41.8 Å². The number of rotatable bonds is 32. The van der Waals surface area contributed by atoms with Crippen LogP contribution in [-0.2, 0) is 45.5 Å². The van der Waals surface area contributed by atoms with Gasteiger partial charge >= 0.3 is 17.9 Å². The second-order valence-electron chi connectivity index (χ2n) is 18.5. The maximum Gasteiger partial charge on any atom is 0.442 e. The molecule has 3 aromatic rings. The van der Waals surface area contributed by atoms with E-state index in [4.69, 9.17) is 18.9 Å². The number of carbonyl (C=O) groups excluding carboxylic acids is 7. The molecule has 2 aromatic carbocycles. The van der Waals surface area contributed by atoms with Gasteiger partial charge in [-0.3, -0.25) is 28.8 Å². The number of hydrogen-bond acceptors (Lipinski definition) is 17. The largest absolute Gasteiger partial charge is 0.492 e. The Labute approximate surface area is 451 Å². The second kappa shape index (κ2) is 28.3. The van der Waals surface area contributed by atoms with Crippen LogP contribution in [-0.4, -0.2) is 164 Å². The van der Waals surface area contributed by atoms with Gasteiger partial charge < -0.3 is 50.4 Å². The summed E-state index contributed by atoms with van der Waals surface area (Å²) in [5, 5.41) is 18.8. The lowest BCUT2D eigenvalue weighted by atomic mass is 10.0. The van der Waals surface area contributed by atoms with E-state index in [1.165, 1.54) is 0 Å². The summed E-state index contributed by atoms with van der Waals surface area (Å²) in [6.45, 7) is 3.35. The third-order valence-electron chi connectivity index (χ3n) is 12.9. The number of nitrogens with zero attached hydrogens (tertiary/aromatic N) is 5. The van der Waals surface area contributed by atoms with Crippen molar-refractivity contribution >= 4 is 70.1 Å². The van der Waals surface area contributed by atoms with Crippen LogP contribution >= 0.6 is 23.5 Å². The molecule has 5 heterocycles. The number of thioether (sulfide) groups is 2. The molecule has 0 aliphatic carbocycles. The second-order valence-corrected chi connectivity index (χ2v) is 20.9. The molecule has 0 bridgehead atoms. The van der Waals surface area contributed by atoms with E-state index in [9.17, 15) is 46.7 Å². The SMILES string of the molecule is CN(CCOc1ccc(CC2SC(=O)N(C(=O)C[C@@H](NC(=O)c3ccc(C4(C(F)(F)F)N=N4)cc3)C(=O)NCCCOCCOCCOCCCNC(=O)CCCC[C@@H]3SC[C@H]4NC(=O)N[C@@H]34)C2=O)cc1)c1ccccn1. The van der Waals surface area contributed by atoms with Gasteiger partial charge in [0.25, 0.3) is 17.1 Å². The number of halogens is 3. The zero-order chi connectivity index (χ0) is 54.8. The fourth-order valence-corrected chi connectivity index (χ4v) is 11.1. The molecule has 3 saturated heterocycles. The highest BCUT2D eigenvalue weighted by Crippen LogP contribution is 2.52. The summed E-state index contributed by atoms with van der Waals surface area (Å²) in [6, 6.07) is 15.5. The fraction of sp³-hybridized carbons (Fsp3) is 0.529. The number of likely N-dealkylation sites (N-methyl/N-ethyl adjacent to an activating group) is 1. The highest BCUT2D eigenvalue weighted by molar-refractivity contribution is 8.15. The summed E-state index contributed by atoms with van der Waals surface area (Å²) in [4.78, 5) is 97.8. The van der Waals surface area contributed by atoms with E-state index in [1.807, 2.05) is 41.9 Å². The molecule has 77 heavy (non-hydrogen) atoms. The topological polar surface area (TPSA) is 261 Å². The van der Waals surface area contributed by atoms with Crippen molar-refractivity contribution in [2.75, 3.05) is 83.6 Å². The van der Waals surface area contributed by atoms with Crippen LogP contribution in [0.5, 0.6) is 5.75 Å². The van der Waals surface area contributed by atoms with Gasteiger partial charge in [-0.2, -0.15) is 24.9 Å². The lowest BCUT2D eigenvalue weighted by molar-refractivity contribution is -0.166. The lowest BCUT2D eigenvalue weighted by Gasteiger charge is -2.20. The molecular weight excluding hydrogens is 1050 g/mol. The maximum absolute atomic E-state index is 13.7. The quantitative estimate of drug-likeness (QED) is 0.0412. The molecule has 5 N–H and O–H groups in total. The normalized spacial score (nSPS) is 19.5. The van der Waals surface area contributed by atoms with Gasteiger partial charge in [0.15, 0.2) is 0 Å². The maximum atomic E-state index is 13.7. The molecule has 26 heteroatoms. The van der Waals surface area contributed by atoms with Crippen LogP contribution in [0, 0.1) is 0 Å². The van der Waals surface area contributed by atoms with Crippen LogP contribution < -0.4 is 36.2 Å². The number of imide groups is 3. The molecule has 1 aromatic heterocycles. The molecule has 4 aliphatic heterocycles. The molecule has 7 rings (SSSR count). The van der Waals surface area contributed by atoms with Crippen molar-refractivity contribution in [3.8, 4) is 5.75 Å². The minimum Gasteiger partial charge on any atom is -0.492 e. The third kappa shape index (κ3) is 16.8. The molecule has 3 fully saturated rings. The zero-order valence-electron chi connectivity index (χ0n) is 42.4. The van der Waals surface area contributed by atoms with Gasteiger partial charge in [-0.05, 0) is 74.1 Å². The Morgan fingerprint density at radius 2 is 1.53 bits per heavy atom. The fourth-order valence-electron chi connectivity index (χ4n) is 8.57. The van der Waals surface area contributed by atoms with E-state index in [0.29, 0.717) is 92.0 Å². The number of benzene rings is 2. The summed E-state index contributed by atoms with van der Waals surface area (Å²) < 4.78 is 63.4. The number of hydrogen-bond donors (Lipinski definition) is 5. The average Bonchev–Trinajstić information content (AvgIpc) is 4.04. The summed E-state index contributed by atoms with van der Waals surface area (Å²) >= 11 is 2.53. The molecule has 0 spiro atoms. The van der Waals surface area contributed by atoms with Crippen LogP contribution in [0.2, 0.25) is 0 Å². The molecule has 5 atom stereocenters. The number of anilines is 1.